The van der Waals surface area contributed by atoms with Gasteiger partial charge in [0, 0.05) is 6.61 Å². The Labute approximate surface area is 168 Å². The van der Waals surface area contributed by atoms with E-state index in [1.807, 2.05) is 0 Å². The Morgan fingerprint density at radius 1 is 0.833 bits per heavy atom. The molecule has 140 valence electrons. The molecule has 0 aromatic carbocycles. The normalized spacial score (nSPS) is 12.8. The molecule has 1 unspecified atom stereocenters. The van der Waals surface area contributed by atoms with Crippen LogP contribution in [0.4, 0.5) is 0 Å². The summed E-state index contributed by atoms with van der Waals surface area (Å²) in [6.45, 7) is 0.550. The molecule has 0 spiro atoms. The fourth-order valence-electron chi connectivity index (χ4n) is 2.15. The van der Waals surface area contributed by atoms with Gasteiger partial charge in [-0.25, -0.2) is 8.42 Å². The summed E-state index contributed by atoms with van der Waals surface area (Å²) in [7, 11) is -4.53. The van der Waals surface area contributed by atoms with Gasteiger partial charge in [-0.1, -0.05) is 51.4 Å². The van der Waals surface area contributed by atoms with Crippen LogP contribution < -0.4 is 29.6 Å². The predicted molar refractivity (Wildman–Crippen MR) is 85.7 cm³/mol. The van der Waals surface area contributed by atoms with Crippen molar-refractivity contribution in [1.82, 2.24) is 0 Å². The Hall–Kier alpha value is 0.750. The minimum atomic E-state index is -4.53. The fourth-order valence-corrected chi connectivity index (χ4v) is 2.48. The molecule has 0 aliphatic heterocycles. The van der Waals surface area contributed by atoms with E-state index < -0.39 is 16.5 Å². The predicted octanol–water partition coefficient (Wildman–Crippen LogP) is -1.26. The molecule has 2 N–H and O–H groups in total. The van der Waals surface area contributed by atoms with Crippen molar-refractivity contribution >= 4 is 10.4 Å². The zero-order valence-electron chi connectivity index (χ0n) is 14.8. The van der Waals surface area contributed by atoms with Crippen LogP contribution in [0, 0.1) is 0 Å². The second kappa shape index (κ2) is 18.5. The van der Waals surface area contributed by atoms with Gasteiger partial charge in [-0.15, -0.1) is 0 Å². The summed E-state index contributed by atoms with van der Waals surface area (Å²) in [5, 5.41) is 17.7. The zero-order chi connectivity index (χ0) is 17.4. The van der Waals surface area contributed by atoms with Crippen LogP contribution in [-0.4, -0.2) is 55.7 Å². The first-order chi connectivity index (χ1) is 11.0. The van der Waals surface area contributed by atoms with E-state index in [-0.39, 0.29) is 49.4 Å². The standard InChI is InChI=1S/C15H32O7S.Na/c16-13-15(17)14-21-11-9-7-5-3-1-2-4-6-8-10-12-22-23(18,19)20;/h15-17H,1-14H2,(H,18,19,20);/q;+1/p-1. The number of aliphatic hydroxyl groups is 2. The monoisotopic (exact) mass is 378 g/mol. The zero-order valence-corrected chi connectivity index (χ0v) is 17.6. The Morgan fingerprint density at radius 3 is 1.67 bits per heavy atom. The van der Waals surface area contributed by atoms with Gasteiger partial charge in [-0.05, 0) is 12.8 Å². The van der Waals surface area contributed by atoms with Crippen LogP contribution in [-0.2, 0) is 19.3 Å². The first kappa shape index (κ1) is 27.0. The van der Waals surface area contributed by atoms with Crippen molar-refractivity contribution in [3.8, 4) is 0 Å². The van der Waals surface area contributed by atoms with Crippen molar-refractivity contribution in [2.45, 2.75) is 70.3 Å². The number of hydrogen-bond donors (Lipinski definition) is 2. The Balaban J connectivity index is 0. The average Bonchev–Trinajstić information content (AvgIpc) is 2.49. The van der Waals surface area contributed by atoms with E-state index >= 15 is 0 Å². The van der Waals surface area contributed by atoms with Gasteiger partial charge in [0.1, 0.15) is 6.10 Å². The third kappa shape index (κ3) is 22.8. The molecule has 0 saturated heterocycles. The largest absolute Gasteiger partial charge is 1.00 e. The van der Waals surface area contributed by atoms with Crippen LogP contribution in [0.2, 0.25) is 0 Å². The van der Waals surface area contributed by atoms with Gasteiger partial charge in [0.15, 0.2) is 0 Å². The van der Waals surface area contributed by atoms with E-state index in [0.29, 0.717) is 13.0 Å². The van der Waals surface area contributed by atoms with E-state index in [1.165, 1.54) is 25.7 Å². The Kier molecular flexibility index (Phi) is 20.8. The summed E-state index contributed by atoms with van der Waals surface area (Å²) in [5.41, 5.74) is 0. The molecule has 0 radical (unpaired) electrons. The van der Waals surface area contributed by atoms with Crippen LogP contribution in [0.1, 0.15) is 64.2 Å². The molecule has 9 heteroatoms. The smallest absolute Gasteiger partial charge is 0.726 e. The first-order valence-corrected chi connectivity index (χ1v) is 9.76. The summed E-state index contributed by atoms with van der Waals surface area (Å²) in [4.78, 5) is 0. The third-order valence-electron chi connectivity index (χ3n) is 3.43. The molecule has 0 heterocycles. The fraction of sp³-hybridized carbons (Fsp3) is 1.00. The van der Waals surface area contributed by atoms with Crippen molar-refractivity contribution in [1.29, 1.82) is 0 Å². The average molecular weight is 378 g/mol. The molecule has 1 atom stereocenters. The first-order valence-electron chi connectivity index (χ1n) is 8.42. The molecule has 0 aliphatic rings. The van der Waals surface area contributed by atoms with E-state index in [2.05, 4.69) is 4.18 Å². The van der Waals surface area contributed by atoms with Crippen molar-refractivity contribution in [3.63, 3.8) is 0 Å². The van der Waals surface area contributed by atoms with Gasteiger partial charge in [-0.2, -0.15) is 0 Å². The molecule has 0 aromatic heterocycles. The van der Waals surface area contributed by atoms with Gasteiger partial charge in [-0.3, -0.25) is 4.18 Å². The SMILES string of the molecule is O=S(=O)([O-])OCCCCCCCCCCCCOCC(O)CO.[Na+]. The maximum absolute atomic E-state index is 10.2. The summed E-state index contributed by atoms with van der Waals surface area (Å²) in [5.74, 6) is 0. The van der Waals surface area contributed by atoms with Crippen LogP contribution in [0.5, 0.6) is 0 Å². The van der Waals surface area contributed by atoms with Gasteiger partial charge >= 0.3 is 29.6 Å². The summed E-state index contributed by atoms with van der Waals surface area (Å²) in [6, 6.07) is 0. The molecule has 0 fully saturated rings. The van der Waals surface area contributed by atoms with E-state index in [0.717, 1.165) is 32.1 Å². The summed E-state index contributed by atoms with van der Waals surface area (Å²) >= 11 is 0. The van der Waals surface area contributed by atoms with Crippen LogP contribution in [0.25, 0.3) is 0 Å². The van der Waals surface area contributed by atoms with E-state index in [9.17, 15) is 13.0 Å². The van der Waals surface area contributed by atoms with Crippen molar-refractivity contribution in [3.05, 3.63) is 0 Å². The summed E-state index contributed by atoms with van der Waals surface area (Å²) in [6.07, 6.45) is 9.66. The van der Waals surface area contributed by atoms with E-state index in [4.69, 9.17) is 14.9 Å². The second-order valence-electron chi connectivity index (χ2n) is 5.68. The molecule has 0 saturated carbocycles. The third-order valence-corrected chi connectivity index (χ3v) is 3.89. The molecular weight excluding hydrogens is 347 g/mol. The molecule has 0 rings (SSSR count). The molecule has 0 aromatic rings. The topological polar surface area (TPSA) is 116 Å². The minimum absolute atomic E-state index is 0. The number of hydrogen-bond acceptors (Lipinski definition) is 7. The van der Waals surface area contributed by atoms with Crippen molar-refractivity contribution < 1.29 is 61.7 Å². The molecule has 24 heavy (non-hydrogen) atoms. The number of rotatable bonds is 17. The summed E-state index contributed by atoms with van der Waals surface area (Å²) < 4.78 is 39.9. The van der Waals surface area contributed by atoms with E-state index in [1.54, 1.807) is 0 Å². The van der Waals surface area contributed by atoms with Gasteiger partial charge < -0.3 is 19.5 Å². The van der Waals surface area contributed by atoms with Crippen LogP contribution >= 0.6 is 0 Å². The molecular formula is C15H31NaO7S. The Morgan fingerprint density at radius 2 is 1.25 bits per heavy atom. The van der Waals surface area contributed by atoms with Crippen LogP contribution in [0.3, 0.4) is 0 Å². The second-order valence-corrected chi connectivity index (χ2v) is 6.73. The molecule has 0 bridgehead atoms. The maximum Gasteiger partial charge on any atom is 1.00 e. The molecule has 7 nitrogen and oxygen atoms in total. The van der Waals surface area contributed by atoms with Crippen LogP contribution in [0.15, 0.2) is 0 Å². The Bertz CT molecular complexity index is 352. The van der Waals surface area contributed by atoms with Gasteiger partial charge in [0.05, 0.1) is 19.8 Å². The number of aliphatic hydroxyl groups excluding tert-OH is 2. The minimum Gasteiger partial charge on any atom is -0.726 e. The maximum atomic E-state index is 10.2. The van der Waals surface area contributed by atoms with Gasteiger partial charge in [0.25, 0.3) is 0 Å². The number of ether oxygens (including phenoxy) is 1. The quantitative estimate of drug-likeness (QED) is 0.140. The van der Waals surface area contributed by atoms with Crippen molar-refractivity contribution in [2.75, 3.05) is 26.4 Å². The van der Waals surface area contributed by atoms with Gasteiger partial charge in [0.2, 0.25) is 10.4 Å². The number of unbranched alkanes of at least 4 members (excludes halogenated alkanes) is 9. The van der Waals surface area contributed by atoms with Crippen molar-refractivity contribution in [2.24, 2.45) is 0 Å². The molecule has 0 amide bonds. The molecule has 0 aliphatic carbocycles.